The van der Waals surface area contributed by atoms with Crippen LogP contribution in [0.25, 0.3) is 5.57 Å². The lowest BCUT2D eigenvalue weighted by Gasteiger charge is -2.32. The summed E-state index contributed by atoms with van der Waals surface area (Å²) in [6.45, 7) is 10.0. The quantitative estimate of drug-likeness (QED) is 0.720. The largest absolute Gasteiger partial charge is 0.348 e. The van der Waals surface area contributed by atoms with Gasteiger partial charge in [0.2, 0.25) is 0 Å². The molecule has 1 aliphatic heterocycles. The Morgan fingerprint density at radius 2 is 2.10 bits per heavy atom. The summed E-state index contributed by atoms with van der Waals surface area (Å²) in [6, 6.07) is 8.81. The molecule has 1 heterocycles. The minimum absolute atomic E-state index is 0.386. The Morgan fingerprint density at radius 3 is 2.90 bits per heavy atom. The SMILES string of the molecule is C=C1C(C)c2ccccc2C2=C(CCC=C2)N1CCC. The van der Waals surface area contributed by atoms with E-state index in [9.17, 15) is 0 Å². The van der Waals surface area contributed by atoms with Crippen molar-refractivity contribution < 1.29 is 0 Å². The van der Waals surface area contributed by atoms with E-state index in [-0.39, 0.29) is 0 Å². The molecule has 2 aliphatic rings. The van der Waals surface area contributed by atoms with Crippen molar-refractivity contribution >= 4 is 5.57 Å². The third-order valence-electron chi connectivity index (χ3n) is 4.48. The lowest BCUT2D eigenvalue weighted by Crippen LogP contribution is -2.25. The van der Waals surface area contributed by atoms with Crippen LogP contribution in [0, 0.1) is 0 Å². The Labute approximate surface area is 122 Å². The van der Waals surface area contributed by atoms with Crippen LogP contribution in [0.5, 0.6) is 0 Å². The van der Waals surface area contributed by atoms with Gasteiger partial charge in [-0.05, 0) is 30.4 Å². The van der Waals surface area contributed by atoms with Crippen molar-refractivity contribution in [1.82, 2.24) is 4.90 Å². The normalized spacial score (nSPS) is 21.6. The number of rotatable bonds is 2. The molecule has 3 rings (SSSR count). The van der Waals surface area contributed by atoms with E-state index in [1.807, 2.05) is 0 Å². The van der Waals surface area contributed by atoms with Crippen LogP contribution < -0.4 is 0 Å². The highest BCUT2D eigenvalue weighted by molar-refractivity contribution is 5.81. The first-order chi connectivity index (χ1) is 9.74. The molecule has 0 aromatic heterocycles. The predicted molar refractivity (Wildman–Crippen MR) is 86.3 cm³/mol. The Hall–Kier alpha value is -1.76. The van der Waals surface area contributed by atoms with Gasteiger partial charge in [-0.1, -0.05) is 56.8 Å². The molecule has 20 heavy (non-hydrogen) atoms. The van der Waals surface area contributed by atoms with Crippen LogP contribution in [0.1, 0.15) is 50.2 Å². The van der Waals surface area contributed by atoms with Crippen LogP contribution in [-0.4, -0.2) is 11.4 Å². The summed E-state index contributed by atoms with van der Waals surface area (Å²) in [5.74, 6) is 0.386. The maximum Gasteiger partial charge on any atom is 0.0258 e. The molecule has 0 N–H and O–H groups in total. The Balaban J connectivity index is 2.22. The Morgan fingerprint density at radius 1 is 1.30 bits per heavy atom. The first kappa shape index (κ1) is 13.2. The average Bonchev–Trinajstić information content (AvgIpc) is 2.58. The summed E-state index contributed by atoms with van der Waals surface area (Å²) in [5.41, 5.74) is 6.93. The summed E-state index contributed by atoms with van der Waals surface area (Å²) >= 11 is 0. The lowest BCUT2D eigenvalue weighted by molar-refractivity contribution is 0.392. The smallest absolute Gasteiger partial charge is 0.0258 e. The highest BCUT2D eigenvalue weighted by atomic mass is 15.2. The van der Waals surface area contributed by atoms with Gasteiger partial charge in [-0.15, -0.1) is 0 Å². The number of allylic oxidation sites excluding steroid dienone is 5. The predicted octanol–water partition coefficient (Wildman–Crippen LogP) is 5.09. The number of benzene rings is 1. The average molecular weight is 265 g/mol. The maximum atomic E-state index is 4.41. The minimum atomic E-state index is 0.386. The third kappa shape index (κ3) is 2.02. The first-order valence-corrected chi connectivity index (χ1v) is 7.69. The van der Waals surface area contributed by atoms with Gasteiger partial charge in [-0.25, -0.2) is 0 Å². The van der Waals surface area contributed by atoms with Crippen molar-refractivity contribution in [3.63, 3.8) is 0 Å². The van der Waals surface area contributed by atoms with Crippen LogP contribution in [-0.2, 0) is 0 Å². The van der Waals surface area contributed by atoms with Crippen LogP contribution in [0.3, 0.4) is 0 Å². The second-order valence-corrected chi connectivity index (χ2v) is 5.75. The number of fused-ring (bicyclic) bond motifs is 2. The fourth-order valence-corrected chi connectivity index (χ4v) is 3.39. The number of hydrogen-bond donors (Lipinski definition) is 0. The zero-order valence-electron chi connectivity index (χ0n) is 12.5. The second-order valence-electron chi connectivity index (χ2n) is 5.75. The van der Waals surface area contributed by atoms with E-state index < -0.39 is 0 Å². The van der Waals surface area contributed by atoms with Gasteiger partial charge in [0.05, 0.1) is 0 Å². The van der Waals surface area contributed by atoms with Crippen LogP contribution >= 0.6 is 0 Å². The van der Waals surface area contributed by atoms with Gasteiger partial charge < -0.3 is 4.90 Å². The first-order valence-electron chi connectivity index (χ1n) is 7.69. The van der Waals surface area contributed by atoms with Crippen molar-refractivity contribution in [2.24, 2.45) is 0 Å². The molecule has 1 aromatic carbocycles. The fraction of sp³-hybridized carbons (Fsp3) is 0.368. The minimum Gasteiger partial charge on any atom is -0.348 e. The molecule has 104 valence electrons. The number of nitrogens with zero attached hydrogens (tertiary/aromatic N) is 1. The third-order valence-corrected chi connectivity index (χ3v) is 4.48. The lowest BCUT2D eigenvalue weighted by atomic mass is 9.89. The monoisotopic (exact) mass is 265 g/mol. The highest BCUT2D eigenvalue weighted by Gasteiger charge is 2.28. The summed E-state index contributed by atoms with van der Waals surface area (Å²) in [4.78, 5) is 2.48. The standard InChI is InChI=1S/C19H23N/c1-4-13-20-15(3)14(2)16-9-5-6-10-17(16)18-11-7-8-12-19(18)20/h5-7,9-11,14H,3-4,8,12-13H2,1-2H3. The van der Waals surface area contributed by atoms with Gasteiger partial charge in [0.25, 0.3) is 0 Å². The molecule has 0 fully saturated rings. The van der Waals surface area contributed by atoms with E-state index in [4.69, 9.17) is 0 Å². The molecule has 1 unspecified atom stereocenters. The van der Waals surface area contributed by atoms with Crippen molar-refractivity contribution in [1.29, 1.82) is 0 Å². The van der Waals surface area contributed by atoms with E-state index in [1.165, 1.54) is 28.1 Å². The fourth-order valence-electron chi connectivity index (χ4n) is 3.39. The van der Waals surface area contributed by atoms with E-state index >= 15 is 0 Å². The Kier molecular flexibility index (Phi) is 3.52. The molecule has 0 saturated heterocycles. The molecule has 0 amide bonds. The van der Waals surface area contributed by atoms with Crippen LogP contribution in [0.2, 0.25) is 0 Å². The molecular formula is C19H23N. The summed E-state index contributed by atoms with van der Waals surface area (Å²) in [7, 11) is 0. The van der Waals surface area contributed by atoms with E-state index in [1.54, 1.807) is 0 Å². The molecule has 1 aliphatic carbocycles. The van der Waals surface area contributed by atoms with Gasteiger partial charge in [-0.3, -0.25) is 0 Å². The summed E-state index contributed by atoms with van der Waals surface area (Å²) in [5, 5.41) is 0. The molecule has 1 aromatic rings. The van der Waals surface area contributed by atoms with Crippen LogP contribution in [0.4, 0.5) is 0 Å². The Bertz CT molecular complexity index is 592. The van der Waals surface area contributed by atoms with Gasteiger partial charge in [0.15, 0.2) is 0 Å². The van der Waals surface area contributed by atoms with E-state index in [0.717, 1.165) is 25.8 Å². The van der Waals surface area contributed by atoms with Gasteiger partial charge in [0, 0.05) is 29.4 Å². The molecule has 0 saturated carbocycles. The van der Waals surface area contributed by atoms with Crippen molar-refractivity contribution in [3.05, 3.63) is 65.5 Å². The van der Waals surface area contributed by atoms with E-state index in [2.05, 4.69) is 61.7 Å². The molecule has 1 atom stereocenters. The summed E-state index contributed by atoms with van der Waals surface area (Å²) in [6.07, 6.45) is 8.04. The molecule has 0 bridgehead atoms. The molecular weight excluding hydrogens is 242 g/mol. The van der Waals surface area contributed by atoms with E-state index in [0.29, 0.717) is 5.92 Å². The van der Waals surface area contributed by atoms with Crippen molar-refractivity contribution in [2.75, 3.05) is 6.54 Å². The topological polar surface area (TPSA) is 3.24 Å². The molecule has 1 nitrogen and oxygen atoms in total. The zero-order valence-corrected chi connectivity index (χ0v) is 12.5. The van der Waals surface area contributed by atoms with Gasteiger partial charge >= 0.3 is 0 Å². The summed E-state index contributed by atoms with van der Waals surface area (Å²) < 4.78 is 0. The zero-order chi connectivity index (χ0) is 14.1. The van der Waals surface area contributed by atoms with Gasteiger partial charge in [0.1, 0.15) is 0 Å². The molecule has 1 heteroatoms. The maximum absolute atomic E-state index is 4.41. The van der Waals surface area contributed by atoms with Gasteiger partial charge in [-0.2, -0.15) is 0 Å². The van der Waals surface area contributed by atoms with Crippen molar-refractivity contribution in [3.8, 4) is 0 Å². The highest BCUT2D eigenvalue weighted by Crippen LogP contribution is 2.42. The van der Waals surface area contributed by atoms with Crippen molar-refractivity contribution in [2.45, 2.75) is 39.0 Å². The molecule has 0 spiro atoms. The van der Waals surface area contributed by atoms with Crippen LogP contribution in [0.15, 0.2) is 54.4 Å². The second kappa shape index (κ2) is 5.32. The number of hydrogen-bond acceptors (Lipinski definition) is 1. The molecule has 0 radical (unpaired) electrons.